The molecule has 156 valence electrons. The van der Waals surface area contributed by atoms with Crippen LogP contribution in [0.3, 0.4) is 0 Å². The maximum absolute atomic E-state index is 13.7. The summed E-state index contributed by atoms with van der Waals surface area (Å²) in [6.07, 6.45) is 5.37. The number of fused-ring (bicyclic) bond motifs is 1. The summed E-state index contributed by atoms with van der Waals surface area (Å²) in [6.45, 7) is 3.92. The Kier molecular flexibility index (Phi) is 6.50. The summed E-state index contributed by atoms with van der Waals surface area (Å²) in [4.78, 5) is 14.1. The lowest BCUT2D eigenvalue weighted by atomic mass is 9.86. The molecule has 0 N–H and O–H groups in total. The van der Waals surface area contributed by atoms with Gasteiger partial charge >= 0.3 is 0 Å². The first-order valence-electron chi connectivity index (χ1n) is 10.2. The monoisotopic (exact) mass is 402 g/mol. The molecule has 0 bridgehead atoms. The van der Waals surface area contributed by atoms with Gasteiger partial charge in [0.1, 0.15) is 5.25 Å². The molecular weight excluding hydrogens is 368 g/mol. The Morgan fingerprint density at radius 1 is 1.00 bits per heavy atom. The Bertz CT molecular complexity index is 640. The molecular formula is C19H34N2O5S. The van der Waals surface area contributed by atoms with Crippen molar-refractivity contribution in [1.29, 1.82) is 0 Å². The number of piperazine rings is 1. The molecule has 0 radical (unpaired) electrons. The van der Waals surface area contributed by atoms with Crippen LogP contribution in [-0.2, 0) is 24.3 Å². The van der Waals surface area contributed by atoms with E-state index in [1.807, 2.05) is 11.8 Å². The van der Waals surface area contributed by atoms with Gasteiger partial charge in [-0.2, -0.15) is 4.31 Å². The standard InChI is InChI=1S/C19H34N2O5S/c1-13-12-20(16-7-5-6-8-17(16)21(13)14(2)22)27(23,24)19-11-15(25-3)9-10-18(19)26-4/h13,15-19H,5-12H2,1-4H3/t13-,15?,16?,17?,18?,19?/m0/s1. The van der Waals surface area contributed by atoms with Crippen LogP contribution in [0.2, 0.25) is 0 Å². The number of methoxy groups -OCH3 is 2. The number of carbonyl (C=O) groups is 1. The molecule has 1 saturated heterocycles. The summed E-state index contributed by atoms with van der Waals surface area (Å²) < 4.78 is 40.2. The fourth-order valence-corrected chi connectivity index (χ4v) is 7.92. The van der Waals surface area contributed by atoms with E-state index >= 15 is 0 Å². The van der Waals surface area contributed by atoms with Gasteiger partial charge < -0.3 is 14.4 Å². The van der Waals surface area contributed by atoms with Gasteiger partial charge in [-0.3, -0.25) is 4.79 Å². The van der Waals surface area contributed by atoms with Gasteiger partial charge in [0.2, 0.25) is 15.9 Å². The van der Waals surface area contributed by atoms with Crippen molar-refractivity contribution in [2.24, 2.45) is 0 Å². The summed E-state index contributed by atoms with van der Waals surface area (Å²) in [5, 5.41) is -0.583. The Labute approximate surface area is 163 Å². The minimum atomic E-state index is -3.55. The number of hydrogen-bond acceptors (Lipinski definition) is 5. The largest absolute Gasteiger partial charge is 0.381 e. The maximum Gasteiger partial charge on any atom is 0.220 e. The van der Waals surface area contributed by atoms with Crippen LogP contribution in [0, 0.1) is 0 Å². The normalized spacial score (nSPS) is 38.4. The predicted molar refractivity (Wildman–Crippen MR) is 103 cm³/mol. The fourth-order valence-electron chi connectivity index (χ4n) is 5.44. The van der Waals surface area contributed by atoms with E-state index in [9.17, 15) is 13.2 Å². The summed E-state index contributed by atoms with van der Waals surface area (Å²) in [5.74, 6) is 0.0447. The van der Waals surface area contributed by atoms with Crippen molar-refractivity contribution in [3.63, 3.8) is 0 Å². The molecule has 2 saturated carbocycles. The van der Waals surface area contributed by atoms with Crippen molar-refractivity contribution in [3.8, 4) is 0 Å². The average molecular weight is 403 g/mol. The SMILES string of the molecule is COC1CCC(OC)C(S(=O)(=O)N2C[C@H](C)N(C(C)=O)C3CCCCC32)C1. The molecule has 0 aromatic heterocycles. The van der Waals surface area contributed by atoms with Crippen LogP contribution in [-0.4, -0.2) is 79.9 Å². The van der Waals surface area contributed by atoms with E-state index in [0.29, 0.717) is 19.4 Å². The lowest BCUT2D eigenvalue weighted by Gasteiger charge is -2.53. The zero-order valence-electron chi connectivity index (χ0n) is 17.0. The third-order valence-corrected chi connectivity index (χ3v) is 9.07. The van der Waals surface area contributed by atoms with E-state index in [1.54, 1.807) is 25.4 Å². The highest BCUT2D eigenvalue weighted by atomic mass is 32.2. The first-order chi connectivity index (χ1) is 12.8. The summed E-state index contributed by atoms with van der Waals surface area (Å²) >= 11 is 0. The smallest absolute Gasteiger partial charge is 0.220 e. The molecule has 1 amide bonds. The molecule has 3 fully saturated rings. The van der Waals surface area contributed by atoms with Gasteiger partial charge in [-0.25, -0.2) is 8.42 Å². The van der Waals surface area contributed by atoms with Crippen LogP contribution in [0.15, 0.2) is 0 Å². The Hall–Kier alpha value is -0.700. The van der Waals surface area contributed by atoms with Crippen molar-refractivity contribution >= 4 is 15.9 Å². The fraction of sp³-hybridized carbons (Fsp3) is 0.947. The van der Waals surface area contributed by atoms with E-state index in [2.05, 4.69) is 0 Å². The number of carbonyl (C=O) groups excluding carboxylic acids is 1. The molecule has 5 unspecified atom stereocenters. The zero-order valence-corrected chi connectivity index (χ0v) is 17.8. The Morgan fingerprint density at radius 3 is 2.26 bits per heavy atom. The molecule has 3 rings (SSSR count). The number of sulfonamides is 1. The first kappa shape index (κ1) is 21.0. The molecule has 1 heterocycles. The van der Waals surface area contributed by atoms with Crippen LogP contribution in [0.25, 0.3) is 0 Å². The second-order valence-corrected chi connectivity index (χ2v) is 10.4. The highest BCUT2D eigenvalue weighted by molar-refractivity contribution is 7.89. The van der Waals surface area contributed by atoms with Crippen LogP contribution in [0.5, 0.6) is 0 Å². The third kappa shape index (κ3) is 3.91. The first-order valence-corrected chi connectivity index (χ1v) is 11.7. The number of rotatable bonds is 4. The minimum absolute atomic E-state index is 0.0161. The quantitative estimate of drug-likeness (QED) is 0.716. The molecule has 0 aromatic rings. The van der Waals surface area contributed by atoms with E-state index in [0.717, 1.165) is 32.1 Å². The third-order valence-electron chi connectivity index (χ3n) is 6.73. The topological polar surface area (TPSA) is 76.2 Å². The molecule has 6 atom stereocenters. The van der Waals surface area contributed by atoms with Gasteiger partial charge in [-0.15, -0.1) is 0 Å². The number of nitrogens with zero attached hydrogens (tertiary/aromatic N) is 2. The molecule has 0 aromatic carbocycles. The molecule has 0 spiro atoms. The van der Waals surface area contributed by atoms with E-state index in [1.165, 1.54) is 0 Å². The van der Waals surface area contributed by atoms with E-state index in [4.69, 9.17) is 9.47 Å². The van der Waals surface area contributed by atoms with Gasteiger partial charge in [-0.05, 0) is 39.0 Å². The van der Waals surface area contributed by atoms with E-state index < -0.39 is 15.3 Å². The summed E-state index contributed by atoms with van der Waals surface area (Å²) in [6, 6.07) is -0.249. The van der Waals surface area contributed by atoms with Crippen LogP contribution < -0.4 is 0 Å². The summed E-state index contributed by atoms with van der Waals surface area (Å²) in [5.41, 5.74) is 0. The van der Waals surface area contributed by atoms with Crippen molar-refractivity contribution in [2.45, 2.75) is 94.4 Å². The van der Waals surface area contributed by atoms with Crippen LogP contribution in [0.1, 0.15) is 58.8 Å². The van der Waals surface area contributed by atoms with Crippen molar-refractivity contribution < 1.29 is 22.7 Å². The summed E-state index contributed by atoms with van der Waals surface area (Å²) in [7, 11) is -0.309. The van der Waals surface area contributed by atoms with Gasteiger partial charge in [-0.1, -0.05) is 12.8 Å². The molecule has 3 aliphatic rings. The van der Waals surface area contributed by atoms with Gasteiger partial charge in [0.25, 0.3) is 0 Å². The Balaban J connectivity index is 1.91. The van der Waals surface area contributed by atoms with Crippen molar-refractivity contribution in [1.82, 2.24) is 9.21 Å². The molecule has 1 aliphatic heterocycles. The molecule has 7 nitrogen and oxygen atoms in total. The molecule has 8 heteroatoms. The highest BCUT2D eigenvalue weighted by Gasteiger charge is 2.51. The number of ether oxygens (including phenoxy) is 2. The Morgan fingerprint density at radius 2 is 1.67 bits per heavy atom. The van der Waals surface area contributed by atoms with Gasteiger partial charge in [0, 0.05) is 45.8 Å². The van der Waals surface area contributed by atoms with Crippen molar-refractivity contribution in [2.75, 3.05) is 20.8 Å². The van der Waals surface area contributed by atoms with E-state index in [-0.39, 0.29) is 36.2 Å². The highest BCUT2D eigenvalue weighted by Crippen LogP contribution is 2.38. The van der Waals surface area contributed by atoms with Gasteiger partial charge in [0.05, 0.1) is 12.2 Å². The van der Waals surface area contributed by atoms with Crippen molar-refractivity contribution in [3.05, 3.63) is 0 Å². The number of hydrogen-bond donors (Lipinski definition) is 0. The predicted octanol–water partition coefficient (Wildman–Crippen LogP) is 1.76. The second-order valence-electron chi connectivity index (χ2n) is 8.29. The van der Waals surface area contributed by atoms with Crippen LogP contribution in [0.4, 0.5) is 0 Å². The lowest BCUT2D eigenvalue weighted by Crippen LogP contribution is -2.67. The maximum atomic E-state index is 13.7. The number of amides is 1. The van der Waals surface area contributed by atoms with Gasteiger partial charge in [0.15, 0.2) is 0 Å². The molecule has 2 aliphatic carbocycles. The average Bonchev–Trinajstić information content (AvgIpc) is 2.66. The zero-order chi connectivity index (χ0) is 19.8. The minimum Gasteiger partial charge on any atom is -0.381 e. The second kappa shape index (κ2) is 8.35. The molecule has 27 heavy (non-hydrogen) atoms. The lowest BCUT2D eigenvalue weighted by molar-refractivity contribution is -0.139. The van der Waals surface area contributed by atoms with Crippen LogP contribution >= 0.6 is 0 Å².